The molecule has 1 rings (SSSR count). The second-order valence-electron chi connectivity index (χ2n) is 7.10. The predicted octanol–water partition coefficient (Wildman–Crippen LogP) is -0.267. The average Bonchev–Trinajstić information content (AvgIpc) is 2.65. The van der Waals surface area contributed by atoms with Gasteiger partial charge in [-0.3, -0.25) is 24.0 Å². The third-order valence-electron chi connectivity index (χ3n) is 3.93. The second-order valence-corrected chi connectivity index (χ2v) is 8.25. The third-order valence-corrected chi connectivity index (χ3v) is 4.87. The Morgan fingerprint density at radius 1 is 1.10 bits per heavy atom. The quantitative estimate of drug-likeness (QED) is 0.455. The van der Waals surface area contributed by atoms with Crippen LogP contribution < -0.4 is 10.6 Å². The highest BCUT2D eigenvalue weighted by Crippen LogP contribution is 2.25. The Bertz CT molecular complexity index is 677. The Balaban J connectivity index is 2.93. The van der Waals surface area contributed by atoms with Gasteiger partial charge in [-0.1, -0.05) is 25.6 Å². The van der Waals surface area contributed by atoms with Crippen molar-refractivity contribution in [3.63, 3.8) is 0 Å². The fourth-order valence-electron chi connectivity index (χ4n) is 2.30. The van der Waals surface area contributed by atoms with Crippen molar-refractivity contribution >= 4 is 46.4 Å². The molecule has 2 N–H and O–H groups in total. The minimum atomic E-state index is -1.36. The van der Waals surface area contributed by atoms with Crippen molar-refractivity contribution in [1.29, 1.82) is 0 Å². The van der Waals surface area contributed by atoms with Gasteiger partial charge in [0.1, 0.15) is 6.61 Å². The number of carbonyl (C=O) groups excluding carboxylic acids is 6. The Morgan fingerprint density at radius 3 is 2.45 bits per heavy atom. The summed E-state index contributed by atoms with van der Waals surface area (Å²) in [6, 6.07) is 0. The number of carbonyl (C=O) groups is 6. The van der Waals surface area contributed by atoms with E-state index in [0.717, 1.165) is 18.7 Å². The Morgan fingerprint density at radius 2 is 1.79 bits per heavy atom. The van der Waals surface area contributed by atoms with E-state index in [1.165, 1.54) is 13.8 Å². The standard InChI is InChI=1S/C18H26N2O8S/c1-11(21)17(26)27-10-18(2,3)15-16(25)20-7-6-12(22)19-8-9-29-14(24)5-4-13(23)28-15/h15H,4-10H2,1-3H3,(H,19,22)(H,20,25)/t15-/m0/s1. The molecule has 0 saturated carbocycles. The Hall–Kier alpha value is -2.43. The molecule has 10 nitrogen and oxygen atoms in total. The van der Waals surface area contributed by atoms with Crippen molar-refractivity contribution in [2.24, 2.45) is 5.41 Å². The molecule has 0 aromatic carbocycles. The molecule has 1 heterocycles. The van der Waals surface area contributed by atoms with E-state index >= 15 is 0 Å². The van der Waals surface area contributed by atoms with E-state index in [4.69, 9.17) is 9.47 Å². The number of ether oxygens (including phenoxy) is 2. The lowest BCUT2D eigenvalue weighted by atomic mass is 9.86. The van der Waals surface area contributed by atoms with Crippen LogP contribution in [0.2, 0.25) is 0 Å². The summed E-state index contributed by atoms with van der Waals surface area (Å²) in [5.41, 5.74) is -1.17. The normalized spacial score (nSPS) is 20.4. The first kappa shape index (κ1) is 24.6. The molecule has 1 fully saturated rings. The second kappa shape index (κ2) is 11.5. The molecular formula is C18H26N2O8S. The smallest absolute Gasteiger partial charge is 0.374 e. The van der Waals surface area contributed by atoms with E-state index in [0.29, 0.717) is 12.3 Å². The van der Waals surface area contributed by atoms with E-state index in [2.05, 4.69) is 10.6 Å². The molecule has 0 aliphatic carbocycles. The highest BCUT2D eigenvalue weighted by atomic mass is 32.2. The lowest BCUT2D eigenvalue weighted by Crippen LogP contribution is -2.49. The lowest BCUT2D eigenvalue weighted by Gasteiger charge is -2.32. The largest absolute Gasteiger partial charge is 0.459 e. The highest BCUT2D eigenvalue weighted by molar-refractivity contribution is 8.13. The molecule has 11 heteroatoms. The molecule has 0 spiro atoms. The van der Waals surface area contributed by atoms with Crippen molar-refractivity contribution in [3.8, 4) is 0 Å². The number of hydrogen-bond donors (Lipinski definition) is 2. The van der Waals surface area contributed by atoms with Gasteiger partial charge in [0, 0.05) is 44.0 Å². The molecule has 0 bridgehead atoms. The van der Waals surface area contributed by atoms with Crippen molar-refractivity contribution in [1.82, 2.24) is 10.6 Å². The zero-order valence-corrected chi connectivity index (χ0v) is 17.5. The van der Waals surface area contributed by atoms with E-state index in [-0.39, 0.29) is 43.4 Å². The number of ketones is 1. The van der Waals surface area contributed by atoms with Crippen molar-refractivity contribution in [3.05, 3.63) is 0 Å². The van der Waals surface area contributed by atoms with Gasteiger partial charge in [-0.15, -0.1) is 0 Å². The molecule has 0 unspecified atom stereocenters. The number of rotatable bonds is 4. The number of amides is 2. The molecule has 2 amide bonds. The monoisotopic (exact) mass is 430 g/mol. The first-order valence-electron chi connectivity index (χ1n) is 9.10. The lowest BCUT2D eigenvalue weighted by molar-refractivity contribution is -0.170. The Labute approximate surface area is 172 Å². The minimum Gasteiger partial charge on any atom is -0.459 e. The average molecular weight is 430 g/mol. The number of Topliss-reactive ketones (excluding diaryl/α,β-unsaturated/α-hetero) is 1. The summed E-state index contributed by atoms with van der Waals surface area (Å²) >= 11 is 1.000. The van der Waals surface area contributed by atoms with Crippen LogP contribution in [0.3, 0.4) is 0 Å². The molecule has 1 aliphatic heterocycles. The van der Waals surface area contributed by atoms with Crippen molar-refractivity contribution < 1.29 is 38.2 Å². The molecule has 0 radical (unpaired) electrons. The fourth-order valence-corrected chi connectivity index (χ4v) is 2.98. The molecule has 162 valence electrons. The maximum atomic E-state index is 12.6. The first-order valence-corrected chi connectivity index (χ1v) is 10.1. The summed E-state index contributed by atoms with van der Waals surface area (Å²) in [5.74, 6) is -3.22. The minimum absolute atomic E-state index is 0.00473. The van der Waals surface area contributed by atoms with Gasteiger partial charge in [0.2, 0.25) is 11.7 Å². The maximum absolute atomic E-state index is 12.6. The van der Waals surface area contributed by atoms with Gasteiger partial charge in [0.05, 0.1) is 6.42 Å². The highest BCUT2D eigenvalue weighted by Gasteiger charge is 2.40. The summed E-state index contributed by atoms with van der Waals surface area (Å²) < 4.78 is 10.2. The Kier molecular flexibility index (Phi) is 9.79. The fraction of sp³-hybridized carbons (Fsp3) is 0.667. The SMILES string of the molecule is CC(=O)C(=O)OCC(C)(C)[C@H]1OC(=O)CCC(=O)SCCNC(=O)CCNC1=O. The summed E-state index contributed by atoms with van der Waals surface area (Å²) in [6.07, 6.45) is -1.65. The molecule has 1 aliphatic rings. The predicted molar refractivity (Wildman–Crippen MR) is 103 cm³/mol. The van der Waals surface area contributed by atoms with Crippen molar-refractivity contribution in [2.45, 2.75) is 46.1 Å². The van der Waals surface area contributed by atoms with Gasteiger partial charge >= 0.3 is 11.9 Å². The third kappa shape index (κ3) is 9.07. The molecule has 1 saturated heterocycles. The number of nitrogens with one attached hydrogen (secondary N) is 2. The van der Waals surface area contributed by atoms with E-state index in [9.17, 15) is 28.8 Å². The zero-order chi connectivity index (χ0) is 22.0. The van der Waals surface area contributed by atoms with Crippen LogP contribution in [0.5, 0.6) is 0 Å². The van der Waals surface area contributed by atoms with Crippen molar-refractivity contribution in [2.75, 3.05) is 25.4 Å². The van der Waals surface area contributed by atoms with Crippen LogP contribution in [0, 0.1) is 5.41 Å². The maximum Gasteiger partial charge on any atom is 0.374 e. The number of thioether (sulfide) groups is 1. The molecule has 0 aromatic rings. The topological polar surface area (TPSA) is 145 Å². The van der Waals surface area contributed by atoms with Crippen LogP contribution in [0.15, 0.2) is 0 Å². The van der Waals surface area contributed by atoms with Crippen LogP contribution in [0.4, 0.5) is 0 Å². The van der Waals surface area contributed by atoms with E-state index in [1.807, 2.05) is 0 Å². The molecule has 0 aromatic heterocycles. The summed E-state index contributed by atoms with van der Waals surface area (Å²) in [4.78, 5) is 70.8. The summed E-state index contributed by atoms with van der Waals surface area (Å²) in [5, 5.41) is 4.92. The summed E-state index contributed by atoms with van der Waals surface area (Å²) in [6.45, 7) is 4.05. The van der Waals surface area contributed by atoms with Crippen LogP contribution in [-0.4, -0.2) is 66.2 Å². The number of cyclic esters (lactones) is 1. The molecular weight excluding hydrogens is 404 g/mol. The van der Waals surface area contributed by atoms with Crippen LogP contribution in [-0.2, 0) is 38.2 Å². The van der Waals surface area contributed by atoms with Gasteiger partial charge in [0.15, 0.2) is 11.2 Å². The first-order chi connectivity index (χ1) is 13.5. The van der Waals surface area contributed by atoms with Gasteiger partial charge in [-0.2, -0.15) is 0 Å². The molecule has 1 atom stereocenters. The van der Waals surface area contributed by atoms with E-state index < -0.39 is 35.1 Å². The van der Waals surface area contributed by atoms with Crippen LogP contribution in [0.1, 0.15) is 40.0 Å². The van der Waals surface area contributed by atoms with E-state index in [1.54, 1.807) is 0 Å². The molecule has 29 heavy (non-hydrogen) atoms. The van der Waals surface area contributed by atoms with Gasteiger partial charge in [0.25, 0.3) is 5.91 Å². The van der Waals surface area contributed by atoms with Gasteiger partial charge < -0.3 is 20.1 Å². The van der Waals surface area contributed by atoms with Gasteiger partial charge in [-0.25, -0.2) is 4.79 Å². The van der Waals surface area contributed by atoms with Crippen LogP contribution >= 0.6 is 11.8 Å². The zero-order valence-electron chi connectivity index (χ0n) is 16.7. The van der Waals surface area contributed by atoms with Gasteiger partial charge in [-0.05, 0) is 0 Å². The number of hydrogen-bond acceptors (Lipinski definition) is 9. The van der Waals surface area contributed by atoms with Crippen LogP contribution in [0.25, 0.3) is 0 Å². The number of esters is 2. The summed E-state index contributed by atoms with van der Waals surface area (Å²) in [7, 11) is 0.